The summed E-state index contributed by atoms with van der Waals surface area (Å²) in [6.45, 7) is 4.08. The second kappa shape index (κ2) is 5.71. The van der Waals surface area contributed by atoms with Crippen LogP contribution in [0.2, 0.25) is 0 Å². The van der Waals surface area contributed by atoms with Gasteiger partial charge >= 0.3 is 0 Å². The molecule has 0 saturated carbocycles. The fraction of sp³-hybridized carbons (Fsp3) is 0.538. The van der Waals surface area contributed by atoms with Crippen molar-refractivity contribution in [2.75, 3.05) is 33.7 Å². The summed E-state index contributed by atoms with van der Waals surface area (Å²) in [4.78, 5) is 8.42. The number of nitrogens with zero attached hydrogens (tertiary/aromatic N) is 3. The molecule has 2 heterocycles. The van der Waals surface area contributed by atoms with Crippen LogP contribution >= 0.6 is 11.3 Å². The first kappa shape index (κ1) is 14.0. The summed E-state index contributed by atoms with van der Waals surface area (Å²) in [5.41, 5.74) is 1.61. The average molecular weight is 280 g/mol. The molecule has 19 heavy (non-hydrogen) atoms. The largest absolute Gasteiger partial charge is 0.510 e. The quantitative estimate of drug-likeness (QED) is 0.863. The van der Waals surface area contributed by atoms with Crippen molar-refractivity contribution in [1.29, 1.82) is 5.41 Å². The second-order valence-corrected chi connectivity index (χ2v) is 5.75. The highest BCUT2D eigenvalue weighted by atomic mass is 32.1. The maximum absolute atomic E-state index is 10.1. The van der Waals surface area contributed by atoms with E-state index < -0.39 is 0 Å². The molecule has 1 aliphatic heterocycles. The normalized spacial score (nSPS) is 16.0. The number of aryl methyl sites for hydroxylation is 1. The zero-order chi connectivity index (χ0) is 14.0. The van der Waals surface area contributed by atoms with Crippen LogP contribution in [0.5, 0.6) is 0 Å². The van der Waals surface area contributed by atoms with Gasteiger partial charge < -0.3 is 14.9 Å². The van der Waals surface area contributed by atoms with Crippen LogP contribution in [-0.2, 0) is 6.42 Å². The summed E-state index contributed by atoms with van der Waals surface area (Å²) >= 11 is 1.50. The van der Waals surface area contributed by atoms with Gasteiger partial charge in [0, 0.05) is 18.5 Å². The molecule has 0 aliphatic carbocycles. The van der Waals surface area contributed by atoms with Gasteiger partial charge in [0.05, 0.1) is 17.8 Å². The molecule has 104 valence electrons. The molecule has 0 amide bonds. The van der Waals surface area contributed by atoms with E-state index in [1.807, 2.05) is 24.4 Å². The van der Waals surface area contributed by atoms with E-state index in [-0.39, 0.29) is 5.76 Å². The Labute approximate surface area is 117 Å². The van der Waals surface area contributed by atoms with Crippen molar-refractivity contribution < 1.29 is 5.11 Å². The van der Waals surface area contributed by atoms with E-state index in [9.17, 15) is 5.11 Å². The van der Waals surface area contributed by atoms with E-state index in [0.717, 1.165) is 30.2 Å². The van der Waals surface area contributed by atoms with E-state index >= 15 is 0 Å². The molecule has 1 aromatic rings. The number of thiazole rings is 1. The van der Waals surface area contributed by atoms with Gasteiger partial charge in [-0.05, 0) is 20.5 Å². The summed E-state index contributed by atoms with van der Waals surface area (Å²) in [5, 5.41) is 21.0. The number of aliphatic hydroxyl groups is 1. The number of rotatable bonds is 5. The third kappa shape index (κ3) is 2.96. The number of aliphatic hydroxyl groups excluding tert-OH is 1. The lowest BCUT2D eigenvalue weighted by Gasteiger charge is -2.20. The lowest BCUT2D eigenvalue weighted by atomic mass is 10.2. The monoisotopic (exact) mass is 280 g/mol. The fourth-order valence-electron chi connectivity index (χ4n) is 1.95. The molecule has 1 aliphatic rings. The lowest BCUT2D eigenvalue weighted by molar-refractivity contribution is 0.313. The highest BCUT2D eigenvalue weighted by Gasteiger charge is 2.29. The number of likely N-dealkylation sites (N-methyl/N-ethyl adjacent to an activating group) is 1. The van der Waals surface area contributed by atoms with Gasteiger partial charge in [-0.3, -0.25) is 5.41 Å². The van der Waals surface area contributed by atoms with Crippen molar-refractivity contribution >= 4 is 22.7 Å². The third-order valence-electron chi connectivity index (χ3n) is 3.13. The van der Waals surface area contributed by atoms with Crippen molar-refractivity contribution in [3.05, 3.63) is 21.8 Å². The van der Waals surface area contributed by atoms with Gasteiger partial charge in [-0.2, -0.15) is 0 Å². The molecule has 0 spiro atoms. The second-order valence-electron chi connectivity index (χ2n) is 4.89. The summed E-state index contributed by atoms with van der Waals surface area (Å²) < 4.78 is 0. The van der Waals surface area contributed by atoms with Crippen molar-refractivity contribution in [2.24, 2.45) is 0 Å². The standard InChI is InChI=1S/C13H20N4OS/c1-4-9-8-19-13(15-9)11-10(18)7-17(12(11)14)6-5-16(2)3/h8,14,18H,4-7H2,1-3H3. The Bertz CT molecular complexity index is 506. The van der Waals surface area contributed by atoms with Crippen molar-refractivity contribution in [3.8, 4) is 0 Å². The van der Waals surface area contributed by atoms with Crippen LogP contribution in [0.15, 0.2) is 11.1 Å². The van der Waals surface area contributed by atoms with E-state index in [4.69, 9.17) is 5.41 Å². The molecular weight excluding hydrogens is 260 g/mol. The van der Waals surface area contributed by atoms with Crippen LogP contribution in [-0.4, -0.2) is 59.5 Å². The van der Waals surface area contributed by atoms with E-state index in [2.05, 4.69) is 16.8 Å². The molecule has 5 nitrogen and oxygen atoms in total. The van der Waals surface area contributed by atoms with E-state index in [1.165, 1.54) is 11.3 Å². The van der Waals surface area contributed by atoms with Crippen LogP contribution in [0.1, 0.15) is 17.6 Å². The number of nitrogens with one attached hydrogen (secondary N) is 1. The number of hydrogen-bond donors (Lipinski definition) is 2. The summed E-state index contributed by atoms with van der Waals surface area (Å²) in [5.74, 6) is 0.650. The van der Waals surface area contributed by atoms with Crippen LogP contribution < -0.4 is 0 Å². The lowest BCUT2D eigenvalue weighted by Crippen LogP contribution is -2.33. The molecule has 0 atom stereocenters. The maximum atomic E-state index is 10.1. The molecule has 2 rings (SSSR count). The molecule has 0 fully saturated rings. The molecule has 0 saturated heterocycles. The highest BCUT2D eigenvalue weighted by molar-refractivity contribution is 7.11. The Balaban J connectivity index is 2.13. The predicted octanol–water partition coefficient (Wildman–Crippen LogP) is 1.83. The Kier molecular flexibility index (Phi) is 4.21. The SMILES string of the molecule is CCc1csc(C2=C(O)CN(CCN(C)C)C2=N)n1. The molecule has 0 radical (unpaired) electrons. The molecule has 6 heteroatoms. The number of aromatic nitrogens is 1. The molecule has 0 unspecified atom stereocenters. The van der Waals surface area contributed by atoms with Gasteiger partial charge in [0.25, 0.3) is 0 Å². The molecule has 0 bridgehead atoms. The van der Waals surface area contributed by atoms with Crippen molar-refractivity contribution in [3.63, 3.8) is 0 Å². The smallest absolute Gasteiger partial charge is 0.135 e. The average Bonchev–Trinajstić information content (AvgIpc) is 2.92. The zero-order valence-corrected chi connectivity index (χ0v) is 12.4. The van der Waals surface area contributed by atoms with Gasteiger partial charge in [0.15, 0.2) is 0 Å². The third-order valence-corrected chi connectivity index (χ3v) is 4.04. The van der Waals surface area contributed by atoms with Gasteiger partial charge in [0.2, 0.25) is 0 Å². The first-order valence-corrected chi connectivity index (χ1v) is 7.26. The van der Waals surface area contributed by atoms with Gasteiger partial charge in [0.1, 0.15) is 16.6 Å². The predicted molar refractivity (Wildman–Crippen MR) is 78.9 cm³/mol. The van der Waals surface area contributed by atoms with Crippen LogP contribution in [0.4, 0.5) is 0 Å². The minimum atomic E-state index is 0.265. The van der Waals surface area contributed by atoms with Gasteiger partial charge in [-0.15, -0.1) is 11.3 Å². The summed E-state index contributed by atoms with van der Waals surface area (Å²) in [6, 6.07) is 0. The number of amidine groups is 1. The van der Waals surface area contributed by atoms with Crippen LogP contribution in [0, 0.1) is 5.41 Å². The minimum Gasteiger partial charge on any atom is -0.510 e. The molecule has 0 aromatic carbocycles. The van der Waals surface area contributed by atoms with E-state index in [0.29, 0.717) is 18.0 Å². The summed E-state index contributed by atoms with van der Waals surface area (Å²) in [7, 11) is 4.00. The van der Waals surface area contributed by atoms with Gasteiger partial charge in [-0.1, -0.05) is 6.92 Å². The zero-order valence-electron chi connectivity index (χ0n) is 11.6. The fourth-order valence-corrected chi connectivity index (χ4v) is 2.92. The minimum absolute atomic E-state index is 0.265. The van der Waals surface area contributed by atoms with E-state index in [1.54, 1.807) is 0 Å². The number of hydrogen-bond acceptors (Lipinski definition) is 5. The first-order valence-electron chi connectivity index (χ1n) is 6.38. The molecule has 2 N–H and O–H groups in total. The van der Waals surface area contributed by atoms with Gasteiger partial charge in [-0.25, -0.2) is 4.98 Å². The first-order chi connectivity index (χ1) is 9.02. The van der Waals surface area contributed by atoms with Crippen LogP contribution in [0.3, 0.4) is 0 Å². The topological polar surface area (TPSA) is 63.5 Å². The Morgan fingerprint density at radius 2 is 2.26 bits per heavy atom. The molecular formula is C13H20N4OS. The summed E-state index contributed by atoms with van der Waals surface area (Å²) in [6.07, 6.45) is 0.877. The Hall–Kier alpha value is -1.40. The van der Waals surface area contributed by atoms with Crippen molar-refractivity contribution in [2.45, 2.75) is 13.3 Å². The van der Waals surface area contributed by atoms with Crippen LogP contribution in [0.25, 0.3) is 5.57 Å². The maximum Gasteiger partial charge on any atom is 0.135 e. The van der Waals surface area contributed by atoms with Crippen molar-refractivity contribution in [1.82, 2.24) is 14.8 Å². The Morgan fingerprint density at radius 1 is 1.53 bits per heavy atom. The molecule has 1 aromatic heterocycles. The Morgan fingerprint density at radius 3 is 2.84 bits per heavy atom. The highest BCUT2D eigenvalue weighted by Crippen LogP contribution is 2.29.